The molecule has 0 aliphatic rings. The van der Waals surface area contributed by atoms with Crippen molar-refractivity contribution in [1.82, 2.24) is 15.3 Å². The maximum atomic E-state index is 11.7. The molecule has 0 atom stereocenters. The highest BCUT2D eigenvalue weighted by molar-refractivity contribution is 5.79. The molecule has 5 nitrogen and oxygen atoms in total. The van der Waals surface area contributed by atoms with Crippen LogP contribution in [0.4, 0.5) is 0 Å². The number of carbonyl (C=O) groups is 1. The maximum Gasteiger partial charge on any atom is 0.320 e. The summed E-state index contributed by atoms with van der Waals surface area (Å²) in [7, 11) is 0. The summed E-state index contributed by atoms with van der Waals surface area (Å²) >= 11 is 0. The lowest BCUT2D eigenvalue weighted by Gasteiger charge is -2.19. The topological polar surface area (TPSA) is 67.0 Å². The van der Waals surface area contributed by atoms with Crippen LogP contribution >= 0.6 is 0 Å². The fourth-order valence-electron chi connectivity index (χ4n) is 2.56. The first-order chi connectivity index (χ1) is 11.9. The molecule has 0 unspecified atom stereocenters. The monoisotopic (exact) mass is 337 g/mol. The first-order valence-corrected chi connectivity index (χ1v) is 8.37. The molecule has 0 radical (unpaired) electrons. The third kappa shape index (κ3) is 4.67. The van der Waals surface area contributed by atoms with Gasteiger partial charge in [-0.2, -0.15) is 0 Å². The zero-order valence-corrected chi connectivity index (χ0v) is 14.8. The van der Waals surface area contributed by atoms with Gasteiger partial charge < -0.3 is 15.0 Å². The molecule has 0 saturated carbocycles. The van der Waals surface area contributed by atoms with E-state index in [0.29, 0.717) is 6.54 Å². The Morgan fingerprint density at radius 3 is 2.52 bits per heavy atom. The number of carbonyl (C=O) groups excluding carboxylic acids is 1. The lowest BCUT2D eigenvalue weighted by Crippen LogP contribution is -2.31. The Morgan fingerprint density at radius 2 is 1.84 bits per heavy atom. The van der Waals surface area contributed by atoms with Crippen LogP contribution in [0.15, 0.2) is 48.5 Å². The van der Waals surface area contributed by atoms with E-state index in [9.17, 15) is 4.79 Å². The number of aromatic amines is 1. The Kier molecular flexibility index (Phi) is 4.86. The van der Waals surface area contributed by atoms with Crippen LogP contribution in [-0.2, 0) is 16.1 Å². The summed E-state index contributed by atoms with van der Waals surface area (Å²) in [6.45, 7) is 6.40. The fraction of sp³-hybridized carbons (Fsp3) is 0.300. The van der Waals surface area contributed by atoms with E-state index in [1.165, 1.54) is 0 Å². The van der Waals surface area contributed by atoms with Crippen LogP contribution in [0, 0.1) is 0 Å². The summed E-state index contributed by atoms with van der Waals surface area (Å²) in [5, 5.41) is 3.11. The molecule has 3 rings (SSSR count). The van der Waals surface area contributed by atoms with Crippen LogP contribution in [0.2, 0.25) is 0 Å². The molecule has 3 aromatic rings. The number of hydrogen-bond acceptors (Lipinski definition) is 4. The second-order valence-corrected chi connectivity index (χ2v) is 6.99. The van der Waals surface area contributed by atoms with E-state index in [4.69, 9.17) is 4.74 Å². The predicted octanol–water partition coefficient (Wildman–Crippen LogP) is 3.66. The predicted molar refractivity (Wildman–Crippen MR) is 99.1 cm³/mol. The number of nitrogens with zero attached hydrogens (tertiary/aromatic N) is 1. The number of nitrogens with one attached hydrogen (secondary N) is 2. The lowest BCUT2D eigenvalue weighted by molar-refractivity contribution is -0.153. The number of imidazole rings is 1. The largest absolute Gasteiger partial charge is 0.459 e. The Morgan fingerprint density at radius 1 is 1.12 bits per heavy atom. The zero-order chi connectivity index (χ0) is 17.9. The quantitative estimate of drug-likeness (QED) is 0.697. The third-order valence-corrected chi connectivity index (χ3v) is 3.64. The molecule has 130 valence electrons. The van der Waals surface area contributed by atoms with Gasteiger partial charge in [0.15, 0.2) is 0 Å². The molecule has 25 heavy (non-hydrogen) atoms. The summed E-state index contributed by atoms with van der Waals surface area (Å²) in [6, 6.07) is 16.1. The van der Waals surface area contributed by atoms with Gasteiger partial charge in [0, 0.05) is 12.1 Å². The molecular formula is C20H23N3O2. The highest BCUT2D eigenvalue weighted by Crippen LogP contribution is 2.20. The van der Waals surface area contributed by atoms with Gasteiger partial charge in [0.1, 0.15) is 11.4 Å². The van der Waals surface area contributed by atoms with E-state index in [1.807, 2.05) is 69.3 Å². The third-order valence-electron chi connectivity index (χ3n) is 3.64. The number of esters is 1. The van der Waals surface area contributed by atoms with E-state index in [-0.39, 0.29) is 12.5 Å². The number of ether oxygens (including phenoxy) is 1. The van der Waals surface area contributed by atoms with E-state index in [1.54, 1.807) is 0 Å². The molecule has 1 heterocycles. The minimum Gasteiger partial charge on any atom is -0.459 e. The Balaban J connectivity index is 1.58. The number of H-pyrrole nitrogens is 1. The Bertz CT molecular complexity index is 828. The van der Waals surface area contributed by atoms with Crippen molar-refractivity contribution in [1.29, 1.82) is 0 Å². The van der Waals surface area contributed by atoms with Crippen LogP contribution in [0.3, 0.4) is 0 Å². The van der Waals surface area contributed by atoms with Crippen LogP contribution < -0.4 is 5.32 Å². The van der Waals surface area contributed by atoms with Crippen LogP contribution in [0.1, 0.15) is 26.3 Å². The summed E-state index contributed by atoms with van der Waals surface area (Å²) < 4.78 is 5.27. The van der Waals surface area contributed by atoms with Crippen molar-refractivity contribution in [3.05, 3.63) is 54.1 Å². The normalized spacial score (nSPS) is 11.6. The molecule has 0 aliphatic carbocycles. The number of fused-ring (bicyclic) bond motifs is 1. The smallest absolute Gasteiger partial charge is 0.320 e. The van der Waals surface area contributed by atoms with Gasteiger partial charge in [0.05, 0.1) is 17.6 Å². The second kappa shape index (κ2) is 7.07. The first kappa shape index (κ1) is 17.2. The maximum absolute atomic E-state index is 11.7. The van der Waals surface area contributed by atoms with E-state index >= 15 is 0 Å². The molecule has 0 spiro atoms. The second-order valence-electron chi connectivity index (χ2n) is 6.99. The van der Waals surface area contributed by atoms with Crippen LogP contribution in [-0.4, -0.2) is 28.1 Å². The van der Waals surface area contributed by atoms with E-state index in [0.717, 1.165) is 28.0 Å². The number of para-hydroxylation sites is 2. The van der Waals surface area contributed by atoms with Crippen molar-refractivity contribution in [3.8, 4) is 11.4 Å². The van der Waals surface area contributed by atoms with Gasteiger partial charge in [-0.25, -0.2) is 4.98 Å². The molecule has 1 aromatic heterocycles. The average molecular weight is 337 g/mol. The van der Waals surface area contributed by atoms with Crippen molar-refractivity contribution >= 4 is 17.0 Å². The Hall–Kier alpha value is -2.66. The molecule has 0 saturated heterocycles. The molecule has 0 aliphatic heterocycles. The van der Waals surface area contributed by atoms with Gasteiger partial charge in [-0.05, 0) is 38.5 Å². The molecule has 2 N–H and O–H groups in total. The summed E-state index contributed by atoms with van der Waals surface area (Å²) in [5.74, 6) is 0.612. The van der Waals surface area contributed by atoms with Gasteiger partial charge in [0.2, 0.25) is 0 Å². The van der Waals surface area contributed by atoms with Gasteiger partial charge in [-0.3, -0.25) is 4.79 Å². The highest BCUT2D eigenvalue weighted by atomic mass is 16.6. The van der Waals surface area contributed by atoms with E-state index < -0.39 is 5.60 Å². The van der Waals surface area contributed by atoms with Crippen LogP contribution in [0.25, 0.3) is 22.4 Å². The molecule has 5 heteroatoms. The number of aromatic nitrogens is 2. The minimum atomic E-state index is -0.451. The Labute approximate surface area is 147 Å². The average Bonchev–Trinajstić information content (AvgIpc) is 2.98. The van der Waals surface area contributed by atoms with Crippen molar-refractivity contribution in [2.45, 2.75) is 32.9 Å². The van der Waals surface area contributed by atoms with Crippen molar-refractivity contribution in [2.75, 3.05) is 6.54 Å². The number of benzene rings is 2. The SMILES string of the molecule is CC(C)(C)OC(=O)CNCc1ccc(-c2nc3ccccc3[nH]2)cc1. The first-order valence-electron chi connectivity index (χ1n) is 8.37. The zero-order valence-electron chi connectivity index (χ0n) is 14.8. The molecule has 0 bridgehead atoms. The highest BCUT2D eigenvalue weighted by Gasteiger charge is 2.15. The summed E-state index contributed by atoms with van der Waals surface area (Å²) in [5.41, 5.74) is 3.67. The van der Waals surface area contributed by atoms with Gasteiger partial charge in [-0.1, -0.05) is 36.4 Å². The molecule has 2 aromatic carbocycles. The van der Waals surface area contributed by atoms with Gasteiger partial charge in [0.25, 0.3) is 0 Å². The van der Waals surface area contributed by atoms with Gasteiger partial charge >= 0.3 is 5.97 Å². The summed E-state index contributed by atoms with van der Waals surface area (Å²) in [4.78, 5) is 19.6. The molecular weight excluding hydrogens is 314 g/mol. The van der Waals surface area contributed by atoms with Crippen LogP contribution in [0.5, 0.6) is 0 Å². The van der Waals surface area contributed by atoms with Crippen molar-refractivity contribution < 1.29 is 9.53 Å². The molecule has 0 amide bonds. The summed E-state index contributed by atoms with van der Waals surface area (Å²) in [6.07, 6.45) is 0. The lowest BCUT2D eigenvalue weighted by atomic mass is 10.1. The number of hydrogen-bond donors (Lipinski definition) is 2. The minimum absolute atomic E-state index is 0.197. The van der Waals surface area contributed by atoms with Crippen molar-refractivity contribution in [3.63, 3.8) is 0 Å². The van der Waals surface area contributed by atoms with E-state index in [2.05, 4.69) is 15.3 Å². The fourth-order valence-corrected chi connectivity index (χ4v) is 2.56. The van der Waals surface area contributed by atoms with Gasteiger partial charge in [-0.15, -0.1) is 0 Å². The molecule has 0 fully saturated rings. The standard InChI is InChI=1S/C20H23N3O2/c1-20(2,3)25-18(24)13-21-12-14-8-10-15(11-9-14)19-22-16-6-4-5-7-17(16)23-19/h4-11,21H,12-13H2,1-3H3,(H,22,23). The number of rotatable bonds is 5. The van der Waals surface area contributed by atoms with Crippen molar-refractivity contribution in [2.24, 2.45) is 0 Å².